The zero-order valence-electron chi connectivity index (χ0n) is 14.2. The van der Waals surface area contributed by atoms with Gasteiger partial charge in [-0.2, -0.15) is 0 Å². The Labute approximate surface area is 166 Å². The van der Waals surface area contributed by atoms with E-state index in [0.717, 1.165) is 0 Å². The maximum Gasteiger partial charge on any atom is 0.310 e. The Balaban J connectivity index is 1.38. The molecule has 1 heterocycles. The van der Waals surface area contributed by atoms with E-state index in [-0.39, 0.29) is 25.7 Å². The maximum absolute atomic E-state index is 11.9. The van der Waals surface area contributed by atoms with Crippen LogP contribution in [-0.2, 0) is 20.7 Å². The van der Waals surface area contributed by atoms with Gasteiger partial charge in [0.05, 0.1) is 23.0 Å². The van der Waals surface area contributed by atoms with Gasteiger partial charge in [0.2, 0.25) is 0 Å². The molecule has 0 aliphatic carbocycles. The lowest BCUT2D eigenvalue weighted by molar-refractivity contribution is -0.148. The molecule has 0 saturated carbocycles. The highest BCUT2D eigenvalue weighted by Gasteiger charge is 2.21. The maximum atomic E-state index is 11.9. The van der Waals surface area contributed by atoms with Crippen LogP contribution in [0.25, 0.3) is 0 Å². The Morgan fingerprint density at radius 1 is 1.11 bits per heavy atom. The van der Waals surface area contributed by atoms with Crippen molar-refractivity contribution < 1.29 is 23.8 Å². The lowest BCUT2D eigenvalue weighted by atomic mass is 10.1. The number of rotatable bonds is 6. The predicted octanol–water partition coefficient (Wildman–Crippen LogP) is 3.04. The van der Waals surface area contributed by atoms with Crippen LogP contribution in [0.2, 0.25) is 10.0 Å². The number of esters is 1. The monoisotopic (exact) mass is 409 g/mol. The third-order valence-electron chi connectivity index (χ3n) is 3.79. The lowest BCUT2D eigenvalue weighted by Gasteiger charge is -2.26. The first-order valence-corrected chi connectivity index (χ1v) is 9.01. The fraction of sp³-hybridized carbons (Fsp3) is 0.263. The number of benzene rings is 2. The van der Waals surface area contributed by atoms with E-state index in [9.17, 15) is 9.59 Å². The molecule has 0 saturated heterocycles. The van der Waals surface area contributed by atoms with Crippen LogP contribution in [0.5, 0.6) is 11.5 Å². The third-order valence-corrected chi connectivity index (χ3v) is 4.53. The van der Waals surface area contributed by atoms with Crippen molar-refractivity contribution in [2.24, 2.45) is 0 Å². The van der Waals surface area contributed by atoms with Crippen LogP contribution in [-0.4, -0.2) is 37.7 Å². The fourth-order valence-electron chi connectivity index (χ4n) is 2.46. The normalized spacial score (nSPS) is 15.1. The summed E-state index contributed by atoms with van der Waals surface area (Å²) in [7, 11) is 0. The first-order valence-electron chi connectivity index (χ1n) is 8.26. The molecule has 0 bridgehead atoms. The van der Waals surface area contributed by atoms with Gasteiger partial charge >= 0.3 is 5.97 Å². The summed E-state index contributed by atoms with van der Waals surface area (Å²) in [5, 5.41) is 3.42. The first-order chi connectivity index (χ1) is 13.0. The van der Waals surface area contributed by atoms with E-state index in [0.29, 0.717) is 33.7 Å². The molecule has 0 aromatic heterocycles. The van der Waals surface area contributed by atoms with Crippen molar-refractivity contribution in [2.45, 2.75) is 12.5 Å². The van der Waals surface area contributed by atoms with E-state index in [1.54, 1.807) is 24.3 Å². The number of hydrogen-bond donors (Lipinski definition) is 1. The standard InChI is InChI=1S/C19H17Cl2NO5/c20-14-6-5-12(7-15(14)21)8-19(24)26-11-18(23)22-9-13-10-25-16-3-1-2-4-17(16)27-13/h1-7,13H,8-11H2,(H,22,23). The zero-order valence-corrected chi connectivity index (χ0v) is 15.8. The minimum atomic E-state index is -0.533. The summed E-state index contributed by atoms with van der Waals surface area (Å²) in [6.45, 7) is 0.205. The average molecular weight is 410 g/mol. The molecule has 0 spiro atoms. The highest BCUT2D eigenvalue weighted by atomic mass is 35.5. The SMILES string of the molecule is O=C(COC(=O)Cc1ccc(Cl)c(Cl)c1)NCC1COc2ccccc2O1. The highest BCUT2D eigenvalue weighted by molar-refractivity contribution is 6.42. The Morgan fingerprint density at radius 3 is 2.67 bits per heavy atom. The van der Waals surface area contributed by atoms with E-state index in [4.69, 9.17) is 37.4 Å². The summed E-state index contributed by atoms with van der Waals surface area (Å²) in [4.78, 5) is 23.7. The van der Waals surface area contributed by atoms with Crippen LogP contribution in [0.15, 0.2) is 42.5 Å². The molecule has 2 aromatic rings. The molecule has 0 radical (unpaired) electrons. The fourth-order valence-corrected chi connectivity index (χ4v) is 2.78. The van der Waals surface area contributed by atoms with Crippen molar-refractivity contribution in [1.29, 1.82) is 0 Å². The van der Waals surface area contributed by atoms with Crippen molar-refractivity contribution in [3.63, 3.8) is 0 Å². The number of carbonyl (C=O) groups is 2. The number of hydrogen-bond acceptors (Lipinski definition) is 5. The summed E-state index contributed by atoms with van der Waals surface area (Å²) in [6, 6.07) is 12.2. The molecular formula is C19H17Cl2NO5. The number of amides is 1. The van der Waals surface area contributed by atoms with Crippen molar-refractivity contribution >= 4 is 35.1 Å². The van der Waals surface area contributed by atoms with E-state index >= 15 is 0 Å². The van der Waals surface area contributed by atoms with Crippen molar-refractivity contribution in [2.75, 3.05) is 19.8 Å². The second-order valence-corrected chi connectivity index (χ2v) is 6.70. The van der Waals surface area contributed by atoms with Crippen LogP contribution in [0.4, 0.5) is 0 Å². The molecule has 3 rings (SSSR count). The summed E-state index contributed by atoms with van der Waals surface area (Å²) in [5.41, 5.74) is 0.654. The second kappa shape index (κ2) is 8.97. The number of fused-ring (bicyclic) bond motifs is 1. The highest BCUT2D eigenvalue weighted by Crippen LogP contribution is 2.30. The van der Waals surface area contributed by atoms with Crippen LogP contribution in [0, 0.1) is 0 Å². The van der Waals surface area contributed by atoms with Gasteiger partial charge in [-0.15, -0.1) is 0 Å². The first kappa shape index (κ1) is 19.3. The number of carbonyl (C=O) groups excluding carboxylic acids is 2. The summed E-state index contributed by atoms with van der Waals surface area (Å²) < 4.78 is 16.3. The molecule has 27 heavy (non-hydrogen) atoms. The molecule has 1 amide bonds. The van der Waals surface area contributed by atoms with Crippen molar-refractivity contribution in [1.82, 2.24) is 5.32 Å². The van der Waals surface area contributed by atoms with Crippen LogP contribution < -0.4 is 14.8 Å². The van der Waals surface area contributed by atoms with Gasteiger partial charge in [-0.05, 0) is 29.8 Å². The van der Waals surface area contributed by atoms with Crippen molar-refractivity contribution in [3.05, 3.63) is 58.1 Å². The number of nitrogens with one attached hydrogen (secondary N) is 1. The molecule has 1 aliphatic rings. The van der Waals surface area contributed by atoms with Crippen LogP contribution >= 0.6 is 23.2 Å². The van der Waals surface area contributed by atoms with Crippen LogP contribution in [0.1, 0.15) is 5.56 Å². The summed E-state index contributed by atoms with van der Waals surface area (Å²) in [6.07, 6.45) is -0.309. The smallest absolute Gasteiger partial charge is 0.310 e. The largest absolute Gasteiger partial charge is 0.486 e. The van der Waals surface area contributed by atoms with Gasteiger partial charge in [-0.1, -0.05) is 41.4 Å². The third kappa shape index (κ3) is 5.52. The van der Waals surface area contributed by atoms with E-state index in [1.165, 1.54) is 0 Å². The van der Waals surface area contributed by atoms with Gasteiger partial charge in [0.25, 0.3) is 5.91 Å². The van der Waals surface area contributed by atoms with E-state index in [2.05, 4.69) is 5.32 Å². The minimum absolute atomic E-state index is 0.000525. The molecule has 1 N–H and O–H groups in total. The van der Waals surface area contributed by atoms with Gasteiger partial charge in [0.1, 0.15) is 12.7 Å². The minimum Gasteiger partial charge on any atom is -0.486 e. The summed E-state index contributed by atoms with van der Waals surface area (Å²) >= 11 is 11.7. The molecule has 0 fully saturated rings. The van der Waals surface area contributed by atoms with Gasteiger partial charge in [0.15, 0.2) is 18.1 Å². The van der Waals surface area contributed by atoms with E-state index < -0.39 is 11.9 Å². The van der Waals surface area contributed by atoms with Crippen molar-refractivity contribution in [3.8, 4) is 11.5 Å². The van der Waals surface area contributed by atoms with Gasteiger partial charge in [-0.25, -0.2) is 0 Å². The molecule has 6 nitrogen and oxygen atoms in total. The Hall–Kier alpha value is -2.44. The topological polar surface area (TPSA) is 73.9 Å². The quantitative estimate of drug-likeness (QED) is 0.742. The van der Waals surface area contributed by atoms with Gasteiger partial charge < -0.3 is 19.5 Å². The Morgan fingerprint density at radius 2 is 1.89 bits per heavy atom. The average Bonchev–Trinajstić information content (AvgIpc) is 2.67. The molecule has 142 valence electrons. The number of para-hydroxylation sites is 2. The van der Waals surface area contributed by atoms with Gasteiger partial charge in [-0.3, -0.25) is 9.59 Å². The molecule has 1 atom stereocenters. The number of ether oxygens (including phenoxy) is 3. The van der Waals surface area contributed by atoms with E-state index in [1.807, 2.05) is 18.2 Å². The number of halogens is 2. The Bertz CT molecular complexity index is 843. The Kier molecular flexibility index (Phi) is 6.42. The molecule has 8 heteroatoms. The molecule has 1 aliphatic heterocycles. The molecular weight excluding hydrogens is 393 g/mol. The van der Waals surface area contributed by atoms with Crippen LogP contribution in [0.3, 0.4) is 0 Å². The summed E-state index contributed by atoms with van der Waals surface area (Å²) in [5.74, 6) is 0.363. The predicted molar refractivity (Wildman–Crippen MR) is 100 cm³/mol. The zero-order chi connectivity index (χ0) is 19.2. The lowest BCUT2D eigenvalue weighted by Crippen LogP contribution is -2.42. The molecule has 1 unspecified atom stereocenters. The molecule has 2 aromatic carbocycles. The van der Waals surface area contributed by atoms with Gasteiger partial charge in [0, 0.05) is 0 Å². The second-order valence-electron chi connectivity index (χ2n) is 5.89.